The summed E-state index contributed by atoms with van der Waals surface area (Å²) in [5.41, 5.74) is 2.19. The molecule has 1 aromatic heterocycles. The minimum atomic E-state index is -0.517. The molecular formula is C13H9ClFN3. The first kappa shape index (κ1) is 12.5. The van der Waals surface area contributed by atoms with Gasteiger partial charge in [-0.15, -0.1) is 0 Å². The molecular weight excluding hydrogens is 253 g/mol. The lowest BCUT2D eigenvalue weighted by Crippen LogP contribution is -1.96. The highest BCUT2D eigenvalue weighted by molar-refractivity contribution is 6.33. The molecule has 0 saturated carbocycles. The van der Waals surface area contributed by atoms with Crippen molar-refractivity contribution in [2.75, 3.05) is 0 Å². The van der Waals surface area contributed by atoms with Gasteiger partial charge in [0, 0.05) is 5.56 Å². The van der Waals surface area contributed by atoms with Crippen molar-refractivity contribution in [1.82, 2.24) is 9.97 Å². The summed E-state index contributed by atoms with van der Waals surface area (Å²) in [4.78, 5) is 7.93. The van der Waals surface area contributed by atoms with Crippen molar-refractivity contribution in [3.63, 3.8) is 0 Å². The Balaban J connectivity index is 2.69. The summed E-state index contributed by atoms with van der Waals surface area (Å²) in [6.45, 7) is 3.46. The van der Waals surface area contributed by atoms with E-state index in [0.29, 0.717) is 27.5 Å². The average molecular weight is 262 g/mol. The topological polar surface area (TPSA) is 49.6 Å². The molecule has 0 radical (unpaired) electrons. The molecule has 0 fully saturated rings. The molecule has 0 aliphatic heterocycles. The van der Waals surface area contributed by atoms with Crippen LogP contribution in [0.2, 0.25) is 5.02 Å². The second-order valence-electron chi connectivity index (χ2n) is 3.88. The molecule has 0 aliphatic rings. The highest BCUT2D eigenvalue weighted by Crippen LogP contribution is 2.30. The van der Waals surface area contributed by atoms with Crippen LogP contribution in [0.5, 0.6) is 0 Å². The maximum atomic E-state index is 13.9. The van der Waals surface area contributed by atoms with E-state index in [9.17, 15) is 4.39 Å². The Morgan fingerprint density at radius 2 is 2.00 bits per heavy atom. The van der Waals surface area contributed by atoms with Gasteiger partial charge in [0.15, 0.2) is 0 Å². The van der Waals surface area contributed by atoms with Gasteiger partial charge in [-0.2, -0.15) is 5.26 Å². The third-order valence-corrected chi connectivity index (χ3v) is 3.11. The predicted molar refractivity (Wildman–Crippen MR) is 66.6 cm³/mol. The number of aromatic nitrogens is 2. The first-order valence-corrected chi connectivity index (χ1v) is 5.60. The van der Waals surface area contributed by atoms with Crippen LogP contribution in [0.3, 0.4) is 0 Å². The molecule has 1 aromatic carbocycles. The van der Waals surface area contributed by atoms with E-state index < -0.39 is 5.82 Å². The van der Waals surface area contributed by atoms with Gasteiger partial charge in [0.1, 0.15) is 12.1 Å². The second kappa shape index (κ2) is 4.71. The molecule has 0 atom stereocenters. The fraction of sp³-hybridized carbons (Fsp3) is 0.154. The third-order valence-electron chi connectivity index (χ3n) is 2.65. The molecule has 3 nitrogen and oxygen atoms in total. The summed E-state index contributed by atoms with van der Waals surface area (Å²) >= 11 is 6.07. The maximum Gasteiger partial charge on any atom is 0.133 e. The molecule has 0 aliphatic carbocycles. The number of hydrogen-bond donors (Lipinski definition) is 0. The smallest absolute Gasteiger partial charge is 0.133 e. The number of nitrogens with zero attached hydrogens (tertiary/aromatic N) is 3. The molecule has 1 heterocycles. The van der Waals surface area contributed by atoms with E-state index in [0.717, 1.165) is 0 Å². The number of hydrogen-bond acceptors (Lipinski definition) is 3. The molecule has 5 heteroatoms. The van der Waals surface area contributed by atoms with Crippen LogP contribution in [-0.2, 0) is 0 Å². The molecule has 90 valence electrons. The first-order valence-electron chi connectivity index (χ1n) is 5.22. The van der Waals surface area contributed by atoms with E-state index in [-0.39, 0.29) is 5.56 Å². The van der Waals surface area contributed by atoms with E-state index >= 15 is 0 Å². The summed E-state index contributed by atoms with van der Waals surface area (Å²) < 4.78 is 13.9. The molecule has 0 spiro atoms. The largest absolute Gasteiger partial charge is 0.240 e. The molecule has 2 aromatic rings. The standard InChI is InChI=1S/C13H9ClFN3/c1-7-3-10(11(15)4-9(7)5-16)13-12(14)8(2)17-6-18-13/h3-4,6H,1-2H3. The molecule has 0 saturated heterocycles. The van der Waals surface area contributed by atoms with Gasteiger partial charge in [-0.1, -0.05) is 11.6 Å². The zero-order valence-corrected chi connectivity index (χ0v) is 10.6. The third kappa shape index (κ3) is 2.05. The molecule has 0 unspecified atom stereocenters. The summed E-state index contributed by atoms with van der Waals surface area (Å²) in [6, 6.07) is 4.70. The van der Waals surface area contributed by atoms with Gasteiger partial charge in [0.05, 0.1) is 28.0 Å². The highest BCUT2D eigenvalue weighted by atomic mass is 35.5. The van der Waals surface area contributed by atoms with Gasteiger partial charge in [0.25, 0.3) is 0 Å². The van der Waals surface area contributed by atoms with Crippen LogP contribution < -0.4 is 0 Å². The van der Waals surface area contributed by atoms with Gasteiger partial charge in [-0.25, -0.2) is 14.4 Å². The first-order chi connectivity index (χ1) is 8.54. The molecule has 0 N–H and O–H groups in total. The fourth-order valence-corrected chi connectivity index (χ4v) is 1.83. The highest BCUT2D eigenvalue weighted by Gasteiger charge is 2.14. The zero-order chi connectivity index (χ0) is 13.3. The predicted octanol–water partition coefficient (Wildman–Crippen LogP) is 3.42. The zero-order valence-electron chi connectivity index (χ0n) is 9.83. The number of aryl methyl sites for hydroxylation is 2. The Hall–Kier alpha value is -1.99. The van der Waals surface area contributed by atoms with Crippen molar-refractivity contribution in [3.05, 3.63) is 46.1 Å². The van der Waals surface area contributed by atoms with Crippen molar-refractivity contribution in [1.29, 1.82) is 5.26 Å². The molecule has 0 bridgehead atoms. The molecule has 0 amide bonds. The number of benzene rings is 1. The summed E-state index contributed by atoms with van der Waals surface area (Å²) in [5, 5.41) is 9.15. The van der Waals surface area contributed by atoms with E-state index in [4.69, 9.17) is 16.9 Å². The number of rotatable bonds is 1. The van der Waals surface area contributed by atoms with Gasteiger partial charge >= 0.3 is 0 Å². The van der Waals surface area contributed by atoms with Crippen LogP contribution in [-0.4, -0.2) is 9.97 Å². The average Bonchev–Trinajstić information content (AvgIpc) is 2.35. The molecule has 18 heavy (non-hydrogen) atoms. The van der Waals surface area contributed by atoms with Crippen LogP contribution in [0, 0.1) is 31.0 Å². The van der Waals surface area contributed by atoms with Crippen molar-refractivity contribution in [2.45, 2.75) is 13.8 Å². The van der Waals surface area contributed by atoms with Crippen LogP contribution in [0.4, 0.5) is 4.39 Å². The number of halogens is 2. The van der Waals surface area contributed by atoms with Crippen molar-refractivity contribution < 1.29 is 4.39 Å². The van der Waals surface area contributed by atoms with Gasteiger partial charge in [-0.05, 0) is 31.5 Å². The Bertz CT molecular complexity index is 662. The molecule has 2 rings (SSSR count). The van der Waals surface area contributed by atoms with Crippen molar-refractivity contribution >= 4 is 11.6 Å². The Kier molecular flexibility index (Phi) is 3.26. The maximum absolute atomic E-state index is 13.9. The lowest BCUT2D eigenvalue weighted by atomic mass is 10.0. The van der Waals surface area contributed by atoms with Crippen LogP contribution in [0.1, 0.15) is 16.8 Å². The Labute approximate surface area is 109 Å². The lowest BCUT2D eigenvalue weighted by Gasteiger charge is -2.08. The van der Waals surface area contributed by atoms with Gasteiger partial charge < -0.3 is 0 Å². The number of nitriles is 1. The van der Waals surface area contributed by atoms with E-state index in [1.54, 1.807) is 19.9 Å². The van der Waals surface area contributed by atoms with Crippen LogP contribution in [0.25, 0.3) is 11.3 Å². The van der Waals surface area contributed by atoms with E-state index in [1.165, 1.54) is 12.4 Å². The van der Waals surface area contributed by atoms with Crippen molar-refractivity contribution in [2.24, 2.45) is 0 Å². The summed E-state index contributed by atoms with van der Waals surface area (Å²) in [6.07, 6.45) is 1.34. The van der Waals surface area contributed by atoms with Crippen LogP contribution >= 0.6 is 11.6 Å². The quantitative estimate of drug-likeness (QED) is 0.790. The summed E-state index contributed by atoms with van der Waals surface area (Å²) in [7, 11) is 0. The summed E-state index contributed by atoms with van der Waals surface area (Å²) in [5.74, 6) is -0.517. The second-order valence-corrected chi connectivity index (χ2v) is 4.26. The van der Waals surface area contributed by atoms with Crippen molar-refractivity contribution in [3.8, 4) is 17.3 Å². The van der Waals surface area contributed by atoms with Gasteiger partial charge in [0.2, 0.25) is 0 Å². The Morgan fingerprint density at radius 1 is 1.28 bits per heavy atom. The minimum Gasteiger partial charge on any atom is -0.240 e. The Morgan fingerprint density at radius 3 is 2.67 bits per heavy atom. The van der Waals surface area contributed by atoms with E-state index in [1.807, 2.05) is 6.07 Å². The normalized spacial score (nSPS) is 10.2. The van der Waals surface area contributed by atoms with E-state index in [2.05, 4.69) is 9.97 Å². The SMILES string of the molecule is Cc1cc(-c2ncnc(C)c2Cl)c(F)cc1C#N. The van der Waals surface area contributed by atoms with Gasteiger partial charge in [-0.3, -0.25) is 0 Å². The lowest BCUT2D eigenvalue weighted by molar-refractivity contribution is 0.629. The van der Waals surface area contributed by atoms with Crippen LogP contribution in [0.15, 0.2) is 18.5 Å². The minimum absolute atomic E-state index is 0.280. The fourth-order valence-electron chi connectivity index (χ4n) is 1.63. The monoisotopic (exact) mass is 261 g/mol.